The van der Waals surface area contributed by atoms with E-state index in [-0.39, 0.29) is 22.4 Å². The molecule has 0 atom stereocenters. The highest BCUT2D eigenvalue weighted by Crippen LogP contribution is 2.38. The first-order chi connectivity index (χ1) is 16.8. The summed E-state index contributed by atoms with van der Waals surface area (Å²) in [5.74, 6) is -0.648. The van der Waals surface area contributed by atoms with Gasteiger partial charge in [0, 0.05) is 27.2 Å². The number of para-hydroxylation sites is 1. The molecule has 3 amide bonds. The van der Waals surface area contributed by atoms with Crippen LogP contribution in [0.4, 0.5) is 17.1 Å². The second kappa shape index (κ2) is 10.9. The van der Waals surface area contributed by atoms with Crippen molar-refractivity contribution >= 4 is 62.5 Å². The number of rotatable bonds is 8. The predicted octanol–water partition coefficient (Wildman–Crippen LogP) is 6.42. The van der Waals surface area contributed by atoms with E-state index in [1.807, 2.05) is 56.3 Å². The standard InChI is InChI=1S/C27H24BrN3O3S/c1-17(2)15-23(32)29-20-7-6-10-22(16-20)35-25-24(30-19-13-11-18(28)12-14-19)26(33)31(27(25)34)21-8-4-3-5-9-21/h3-14,16-17,30H,15H2,1-2H3,(H,29,32). The summed E-state index contributed by atoms with van der Waals surface area (Å²) in [5.41, 5.74) is 2.04. The van der Waals surface area contributed by atoms with Gasteiger partial charge in [0.25, 0.3) is 11.8 Å². The molecular weight excluding hydrogens is 526 g/mol. The van der Waals surface area contributed by atoms with Crippen LogP contribution in [0.5, 0.6) is 0 Å². The van der Waals surface area contributed by atoms with Crippen molar-refractivity contribution in [1.82, 2.24) is 0 Å². The minimum absolute atomic E-state index is 0.0682. The molecule has 6 nitrogen and oxygen atoms in total. The van der Waals surface area contributed by atoms with Crippen LogP contribution in [0.2, 0.25) is 0 Å². The largest absolute Gasteiger partial charge is 0.350 e. The van der Waals surface area contributed by atoms with Gasteiger partial charge in [-0.3, -0.25) is 14.4 Å². The van der Waals surface area contributed by atoms with Crippen LogP contribution in [0.1, 0.15) is 20.3 Å². The molecule has 1 aliphatic heterocycles. The molecule has 0 saturated heterocycles. The fraction of sp³-hybridized carbons (Fsp3) is 0.148. The van der Waals surface area contributed by atoms with Crippen molar-refractivity contribution in [3.63, 3.8) is 0 Å². The Labute approximate surface area is 216 Å². The van der Waals surface area contributed by atoms with E-state index in [1.165, 1.54) is 16.7 Å². The number of halogens is 1. The van der Waals surface area contributed by atoms with Crippen LogP contribution in [-0.4, -0.2) is 17.7 Å². The Morgan fingerprint density at radius 3 is 2.31 bits per heavy atom. The molecule has 35 heavy (non-hydrogen) atoms. The topological polar surface area (TPSA) is 78.5 Å². The number of nitrogens with one attached hydrogen (secondary N) is 2. The third-order valence-electron chi connectivity index (χ3n) is 5.10. The van der Waals surface area contributed by atoms with Crippen molar-refractivity contribution < 1.29 is 14.4 Å². The van der Waals surface area contributed by atoms with Gasteiger partial charge in [-0.1, -0.05) is 65.8 Å². The number of carbonyl (C=O) groups is 3. The highest BCUT2D eigenvalue weighted by Gasteiger charge is 2.40. The Morgan fingerprint density at radius 1 is 0.914 bits per heavy atom. The molecular formula is C27H24BrN3O3S. The average molecular weight is 550 g/mol. The summed E-state index contributed by atoms with van der Waals surface area (Å²) in [6.07, 6.45) is 0.419. The number of amides is 3. The summed E-state index contributed by atoms with van der Waals surface area (Å²) in [4.78, 5) is 41.3. The number of carbonyl (C=O) groups excluding carboxylic acids is 3. The lowest BCUT2D eigenvalue weighted by atomic mass is 10.1. The van der Waals surface area contributed by atoms with Gasteiger partial charge in [0.1, 0.15) is 10.6 Å². The first-order valence-electron chi connectivity index (χ1n) is 11.1. The van der Waals surface area contributed by atoms with Gasteiger partial charge < -0.3 is 10.6 Å². The molecule has 0 bridgehead atoms. The summed E-state index contributed by atoms with van der Waals surface area (Å²) in [6, 6.07) is 23.5. The molecule has 1 heterocycles. The lowest BCUT2D eigenvalue weighted by Crippen LogP contribution is -2.32. The molecule has 4 rings (SSSR count). The van der Waals surface area contributed by atoms with Gasteiger partial charge in [-0.05, 0) is 60.5 Å². The molecule has 3 aromatic rings. The summed E-state index contributed by atoms with van der Waals surface area (Å²) >= 11 is 4.60. The lowest BCUT2D eigenvalue weighted by Gasteiger charge is -2.15. The Balaban J connectivity index is 1.65. The number of benzene rings is 3. The van der Waals surface area contributed by atoms with Crippen LogP contribution in [-0.2, 0) is 14.4 Å². The smallest absolute Gasteiger partial charge is 0.283 e. The van der Waals surface area contributed by atoms with Crippen LogP contribution in [0, 0.1) is 5.92 Å². The van der Waals surface area contributed by atoms with Gasteiger partial charge in [-0.25, -0.2) is 4.90 Å². The van der Waals surface area contributed by atoms with Crippen LogP contribution >= 0.6 is 27.7 Å². The molecule has 8 heteroatoms. The third-order valence-corrected chi connectivity index (χ3v) is 6.70. The number of thioether (sulfide) groups is 1. The Bertz CT molecular complexity index is 1290. The summed E-state index contributed by atoms with van der Waals surface area (Å²) < 4.78 is 0.905. The van der Waals surface area contributed by atoms with E-state index >= 15 is 0 Å². The highest BCUT2D eigenvalue weighted by atomic mass is 79.9. The maximum atomic E-state index is 13.5. The lowest BCUT2D eigenvalue weighted by molar-refractivity contribution is -0.120. The van der Waals surface area contributed by atoms with Crippen molar-refractivity contribution in [2.24, 2.45) is 5.92 Å². The second-order valence-corrected chi connectivity index (χ2v) is 10.4. The molecule has 0 spiro atoms. The van der Waals surface area contributed by atoms with Crippen molar-refractivity contribution in [3.05, 3.63) is 93.9 Å². The Kier molecular flexibility index (Phi) is 7.73. The van der Waals surface area contributed by atoms with E-state index in [9.17, 15) is 14.4 Å². The molecule has 0 fully saturated rings. The van der Waals surface area contributed by atoms with Gasteiger partial charge in [-0.2, -0.15) is 0 Å². The number of nitrogens with zero attached hydrogens (tertiary/aromatic N) is 1. The van der Waals surface area contributed by atoms with Crippen LogP contribution in [0.25, 0.3) is 0 Å². The monoisotopic (exact) mass is 549 g/mol. The van der Waals surface area contributed by atoms with Crippen LogP contribution < -0.4 is 15.5 Å². The third kappa shape index (κ3) is 6.01. The molecule has 0 saturated carbocycles. The predicted molar refractivity (Wildman–Crippen MR) is 144 cm³/mol. The molecule has 0 aromatic heterocycles. The van der Waals surface area contributed by atoms with E-state index < -0.39 is 11.8 Å². The van der Waals surface area contributed by atoms with E-state index in [1.54, 1.807) is 36.4 Å². The van der Waals surface area contributed by atoms with Crippen molar-refractivity contribution in [2.45, 2.75) is 25.2 Å². The molecule has 3 aromatic carbocycles. The minimum atomic E-state index is -0.423. The SMILES string of the molecule is CC(C)CC(=O)Nc1cccc(SC2=C(Nc3ccc(Br)cc3)C(=O)N(c3ccccc3)C2=O)c1. The van der Waals surface area contributed by atoms with Gasteiger partial charge in [0.15, 0.2) is 0 Å². The van der Waals surface area contributed by atoms with E-state index in [2.05, 4.69) is 26.6 Å². The van der Waals surface area contributed by atoms with E-state index in [4.69, 9.17) is 0 Å². The van der Waals surface area contributed by atoms with Crippen molar-refractivity contribution in [2.75, 3.05) is 15.5 Å². The van der Waals surface area contributed by atoms with E-state index in [0.29, 0.717) is 23.5 Å². The van der Waals surface area contributed by atoms with Crippen LogP contribution in [0.15, 0.2) is 98.8 Å². The van der Waals surface area contributed by atoms with Crippen molar-refractivity contribution in [1.29, 1.82) is 0 Å². The molecule has 1 aliphatic rings. The van der Waals surface area contributed by atoms with E-state index in [0.717, 1.165) is 9.37 Å². The first kappa shape index (κ1) is 24.8. The number of hydrogen-bond donors (Lipinski definition) is 2. The van der Waals surface area contributed by atoms with Gasteiger partial charge in [0.2, 0.25) is 5.91 Å². The summed E-state index contributed by atoms with van der Waals surface area (Å²) in [6.45, 7) is 3.97. The van der Waals surface area contributed by atoms with Gasteiger partial charge in [-0.15, -0.1) is 0 Å². The molecule has 0 unspecified atom stereocenters. The molecule has 0 radical (unpaired) electrons. The minimum Gasteiger partial charge on any atom is -0.350 e. The summed E-state index contributed by atoms with van der Waals surface area (Å²) in [7, 11) is 0. The first-order valence-corrected chi connectivity index (χ1v) is 12.7. The number of anilines is 3. The Morgan fingerprint density at radius 2 is 1.63 bits per heavy atom. The molecule has 178 valence electrons. The normalized spacial score (nSPS) is 13.5. The quantitative estimate of drug-likeness (QED) is 0.317. The zero-order valence-electron chi connectivity index (χ0n) is 19.2. The van der Waals surface area contributed by atoms with Gasteiger partial charge >= 0.3 is 0 Å². The zero-order chi connectivity index (χ0) is 24.9. The zero-order valence-corrected chi connectivity index (χ0v) is 21.7. The van der Waals surface area contributed by atoms with Crippen LogP contribution in [0.3, 0.4) is 0 Å². The molecule has 2 N–H and O–H groups in total. The maximum absolute atomic E-state index is 13.5. The average Bonchev–Trinajstić information content (AvgIpc) is 3.04. The van der Waals surface area contributed by atoms with Gasteiger partial charge in [0.05, 0.1) is 5.69 Å². The fourth-order valence-corrected chi connectivity index (χ4v) is 4.79. The number of imide groups is 1. The maximum Gasteiger partial charge on any atom is 0.283 e. The second-order valence-electron chi connectivity index (χ2n) is 8.39. The fourth-order valence-electron chi connectivity index (χ4n) is 3.54. The Hall–Kier alpha value is -3.36. The number of hydrogen-bond acceptors (Lipinski definition) is 5. The van der Waals surface area contributed by atoms with Crippen molar-refractivity contribution in [3.8, 4) is 0 Å². The molecule has 0 aliphatic carbocycles. The highest BCUT2D eigenvalue weighted by molar-refractivity contribution is 9.10. The summed E-state index contributed by atoms with van der Waals surface area (Å²) in [5, 5.41) is 6.04.